The number of hydrogen-bond acceptors (Lipinski definition) is 4. The van der Waals surface area contributed by atoms with Crippen molar-refractivity contribution in [1.29, 1.82) is 0 Å². The van der Waals surface area contributed by atoms with Crippen molar-refractivity contribution in [2.75, 3.05) is 37.1 Å². The minimum atomic E-state index is -0.138. The predicted octanol–water partition coefficient (Wildman–Crippen LogP) is 3.68. The second-order valence-electron chi connectivity index (χ2n) is 6.72. The highest BCUT2D eigenvalue weighted by Crippen LogP contribution is 2.32. The fourth-order valence-corrected chi connectivity index (χ4v) is 3.36. The van der Waals surface area contributed by atoms with Gasteiger partial charge in [0.15, 0.2) is 11.5 Å². The molecule has 0 spiro atoms. The van der Waals surface area contributed by atoms with E-state index in [1.54, 1.807) is 11.9 Å². The SMILES string of the molecule is CN(Cc1ccc2c(c1)OCO2)C(=O)Nc1cccc(N2CCCC2)c1. The molecule has 2 aromatic rings. The maximum Gasteiger partial charge on any atom is 0.321 e. The Morgan fingerprint density at radius 1 is 1.12 bits per heavy atom. The molecule has 6 heteroatoms. The van der Waals surface area contributed by atoms with E-state index in [0.29, 0.717) is 6.54 Å². The molecule has 0 unspecified atom stereocenters. The summed E-state index contributed by atoms with van der Waals surface area (Å²) in [7, 11) is 1.78. The maximum atomic E-state index is 12.5. The van der Waals surface area contributed by atoms with Crippen LogP contribution in [-0.4, -0.2) is 37.9 Å². The molecule has 2 aliphatic rings. The van der Waals surface area contributed by atoms with Gasteiger partial charge in [0, 0.05) is 38.1 Å². The highest BCUT2D eigenvalue weighted by Gasteiger charge is 2.16. The number of benzene rings is 2. The normalized spacial score (nSPS) is 15.2. The molecule has 4 rings (SSSR count). The van der Waals surface area contributed by atoms with Crippen LogP contribution in [0.4, 0.5) is 16.2 Å². The summed E-state index contributed by atoms with van der Waals surface area (Å²) in [6.45, 7) is 2.92. The van der Waals surface area contributed by atoms with E-state index >= 15 is 0 Å². The van der Waals surface area contributed by atoms with Gasteiger partial charge >= 0.3 is 6.03 Å². The van der Waals surface area contributed by atoms with Gasteiger partial charge in [0.1, 0.15) is 0 Å². The number of carbonyl (C=O) groups excluding carboxylic acids is 1. The molecule has 0 radical (unpaired) electrons. The van der Waals surface area contributed by atoms with Crippen LogP contribution in [0.5, 0.6) is 11.5 Å². The Bertz CT molecular complexity index is 803. The minimum Gasteiger partial charge on any atom is -0.454 e. The molecular weight excluding hydrogens is 330 g/mol. The van der Waals surface area contributed by atoms with Gasteiger partial charge in [0.25, 0.3) is 0 Å². The molecule has 136 valence electrons. The van der Waals surface area contributed by atoms with Crippen LogP contribution in [-0.2, 0) is 6.54 Å². The van der Waals surface area contributed by atoms with E-state index in [1.165, 1.54) is 18.5 Å². The van der Waals surface area contributed by atoms with Crippen molar-refractivity contribution >= 4 is 17.4 Å². The van der Waals surface area contributed by atoms with Gasteiger partial charge in [-0.05, 0) is 48.7 Å². The highest BCUT2D eigenvalue weighted by atomic mass is 16.7. The Morgan fingerprint density at radius 3 is 2.77 bits per heavy atom. The molecule has 2 aromatic carbocycles. The van der Waals surface area contributed by atoms with Crippen LogP contribution in [0.15, 0.2) is 42.5 Å². The first kappa shape index (κ1) is 16.6. The van der Waals surface area contributed by atoms with Crippen LogP contribution in [0.1, 0.15) is 18.4 Å². The summed E-state index contributed by atoms with van der Waals surface area (Å²) in [5.74, 6) is 1.48. The lowest BCUT2D eigenvalue weighted by molar-refractivity contribution is 0.174. The molecule has 1 fully saturated rings. The molecule has 2 amide bonds. The van der Waals surface area contributed by atoms with Gasteiger partial charge in [-0.3, -0.25) is 0 Å². The third-order valence-corrected chi connectivity index (χ3v) is 4.77. The number of fused-ring (bicyclic) bond motifs is 1. The van der Waals surface area contributed by atoms with Gasteiger partial charge in [-0.1, -0.05) is 12.1 Å². The standard InChI is InChI=1S/C20H23N3O3/c1-22(13-15-7-8-18-19(11-15)26-14-25-18)20(24)21-16-5-4-6-17(12-16)23-9-2-3-10-23/h4-8,11-12H,2-3,9-10,13-14H2,1H3,(H,21,24). The fourth-order valence-electron chi connectivity index (χ4n) is 3.36. The van der Waals surface area contributed by atoms with Crippen molar-refractivity contribution < 1.29 is 14.3 Å². The Labute approximate surface area is 153 Å². The largest absolute Gasteiger partial charge is 0.454 e. The van der Waals surface area contributed by atoms with E-state index in [2.05, 4.69) is 16.3 Å². The van der Waals surface area contributed by atoms with E-state index in [4.69, 9.17) is 9.47 Å². The number of amides is 2. The second kappa shape index (κ2) is 7.15. The molecule has 0 aromatic heterocycles. The van der Waals surface area contributed by atoms with Crippen molar-refractivity contribution in [2.45, 2.75) is 19.4 Å². The monoisotopic (exact) mass is 353 g/mol. The van der Waals surface area contributed by atoms with Gasteiger partial charge in [0.05, 0.1) is 0 Å². The zero-order valence-electron chi connectivity index (χ0n) is 14.9. The molecule has 0 atom stereocenters. The third-order valence-electron chi connectivity index (χ3n) is 4.77. The summed E-state index contributed by atoms with van der Waals surface area (Å²) in [6, 6.07) is 13.7. The fraction of sp³-hybridized carbons (Fsp3) is 0.350. The first-order chi connectivity index (χ1) is 12.7. The average molecular weight is 353 g/mol. The number of ether oxygens (including phenoxy) is 2. The van der Waals surface area contributed by atoms with Crippen molar-refractivity contribution in [3.05, 3.63) is 48.0 Å². The number of nitrogens with one attached hydrogen (secondary N) is 1. The Morgan fingerprint density at radius 2 is 1.92 bits per heavy atom. The topological polar surface area (TPSA) is 54.0 Å². The minimum absolute atomic E-state index is 0.138. The van der Waals surface area contributed by atoms with Crippen LogP contribution in [0.3, 0.4) is 0 Å². The van der Waals surface area contributed by atoms with Gasteiger partial charge < -0.3 is 24.6 Å². The molecule has 2 heterocycles. The molecule has 6 nitrogen and oxygen atoms in total. The Balaban J connectivity index is 1.39. The Hall–Kier alpha value is -2.89. The molecule has 26 heavy (non-hydrogen) atoms. The third kappa shape index (κ3) is 3.54. The summed E-state index contributed by atoms with van der Waals surface area (Å²) < 4.78 is 10.7. The second-order valence-corrected chi connectivity index (χ2v) is 6.72. The lowest BCUT2D eigenvalue weighted by Gasteiger charge is -2.21. The van der Waals surface area contributed by atoms with Crippen LogP contribution in [0.25, 0.3) is 0 Å². The van der Waals surface area contributed by atoms with Crippen molar-refractivity contribution in [3.8, 4) is 11.5 Å². The number of carbonyl (C=O) groups is 1. The van der Waals surface area contributed by atoms with Crippen LogP contribution in [0, 0.1) is 0 Å². The number of urea groups is 1. The van der Waals surface area contributed by atoms with E-state index in [9.17, 15) is 4.79 Å². The zero-order valence-corrected chi connectivity index (χ0v) is 14.9. The summed E-state index contributed by atoms with van der Waals surface area (Å²) in [5, 5.41) is 2.98. The molecular formula is C20H23N3O3. The van der Waals surface area contributed by atoms with Crippen LogP contribution >= 0.6 is 0 Å². The lowest BCUT2D eigenvalue weighted by Crippen LogP contribution is -2.30. The summed E-state index contributed by atoms with van der Waals surface area (Å²) in [6.07, 6.45) is 2.46. The first-order valence-corrected chi connectivity index (χ1v) is 8.95. The van der Waals surface area contributed by atoms with E-state index in [0.717, 1.165) is 35.8 Å². The van der Waals surface area contributed by atoms with Crippen LogP contribution < -0.4 is 19.7 Å². The van der Waals surface area contributed by atoms with Gasteiger partial charge in [-0.2, -0.15) is 0 Å². The molecule has 1 N–H and O–H groups in total. The maximum absolute atomic E-state index is 12.5. The quantitative estimate of drug-likeness (QED) is 0.911. The molecule has 2 aliphatic heterocycles. The summed E-state index contributed by atoms with van der Waals surface area (Å²) >= 11 is 0. The lowest BCUT2D eigenvalue weighted by atomic mass is 10.2. The van der Waals surface area contributed by atoms with Crippen molar-refractivity contribution in [1.82, 2.24) is 4.90 Å². The van der Waals surface area contributed by atoms with E-state index in [1.807, 2.05) is 36.4 Å². The average Bonchev–Trinajstić information content (AvgIpc) is 3.33. The van der Waals surface area contributed by atoms with Crippen molar-refractivity contribution in [3.63, 3.8) is 0 Å². The van der Waals surface area contributed by atoms with Crippen molar-refractivity contribution in [2.24, 2.45) is 0 Å². The summed E-state index contributed by atoms with van der Waals surface area (Å²) in [5.41, 5.74) is 2.98. The van der Waals surface area contributed by atoms with Gasteiger partial charge in [0.2, 0.25) is 6.79 Å². The highest BCUT2D eigenvalue weighted by molar-refractivity contribution is 5.89. The molecule has 0 saturated carbocycles. The first-order valence-electron chi connectivity index (χ1n) is 8.95. The number of hydrogen-bond donors (Lipinski definition) is 1. The molecule has 0 bridgehead atoms. The van der Waals surface area contributed by atoms with Crippen LogP contribution in [0.2, 0.25) is 0 Å². The number of rotatable bonds is 4. The zero-order chi connectivity index (χ0) is 17.9. The van der Waals surface area contributed by atoms with Gasteiger partial charge in [-0.15, -0.1) is 0 Å². The number of anilines is 2. The molecule has 0 aliphatic carbocycles. The molecule has 1 saturated heterocycles. The van der Waals surface area contributed by atoms with E-state index < -0.39 is 0 Å². The smallest absolute Gasteiger partial charge is 0.321 e. The van der Waals surface area contributed by atoms with Gasteiger partial charge in [-0.25, -0.2) is 4.79 Å². The Kier molecular flexibility index (Phi) is 4.56. The summed E-state index contributed by atoms with van der Waals surface area (Å²) in [4.78, 5) is 16.5. The predicted molar refractivity (Wildman–Crippen MR) is 101 cm³/mol. The van der Waals surface area contributed by atoms with E-state index in [-0.39, 0.29) is 12.8 Å². The number of nitrogens with zero attached hydrogens (tertiary/aromatic N) is 2.